The molecule has 0 bridgehead atoms. The number of amides is 1. The number of nitrogens with zero attached hydrogens (tertiary/aromatic N) is 2. The van der Waals surface area contributed by atoms with E-state index in [4.69, 9.17) is 10.4 Å². The van der Waals surface area contributed by atoms with Gasteiger partial charge in [-0.05, 0) is 12.3 Å². The van der Waals surface area contributed by atoms with Crippen LogP contribution in [-0.4, -0.2) is 40.5 Å². The number of carboxylic acid groups (broad SMARTS) is 1. The highest BCUT2D eigenvalue weighted by Gasteiger charge is 2.22. The lowest BCUT2D eigenvalue weighted by Crippen LogP contribution is -2.42. The van der Waals surface area contributed by atoms with Crippen molar-refractivity contribution in [2.75, 3.05) is 12.3 Å². The number of aliphatic carboxylic acids is 1. The van der Waals surface area contributed by atoms with Gasteiger partial charge in [0.25, 0.3) is 5.91 Å². The standard InChI is InChI=1S/C13H18N4O3S/c1-8(2)5-10(12(19)20)17-11(18)9(6-14)7-16-13-15-3-4-21-13/h7-8,10H,3-5H2,1-2H3,(H,15,16)(H,17,18)(H,19,20)/b9-7-. The minimum atomic E-state index is -1.11. The third-order valence-electron chi connectivity index (χ3n) is 2.60. The van der Waals surface area contributed by atoms with E-state index >= 15 is 0 Å². The largest absolute Gasteiger partial charge is 0.480 e. The Morgan fingerprint density at radius 2 is 2.29 bits per heavy atom. The Labute approximate surface area is 127 Å². The van der Waals surface area contributed by atoms with Gasteiger partial charge in [0.1, 0.15) is 17.7 Å². The molecule has 0 aromatic rings. The number of hydrogen-bond donors (Lipinski definition) is 3. The summed E-state index contributed by atoms with van der Waals surface area (Å²) in [6.45, 7) is 4.42. The minimum absolute atomic E-state index is 0.114. The van der Waals surface area contributed by atoms with Gasteiger partial charge >= 0.3 is 5.97 Å². The molecule has 0 fully saturated rings. The second kappa shape index (κ2) is 8.32. The third kappa shape index (κ3) is 5.87. The van der Waals surface area contributed by atoms with Gasteiger partial charge in [-0.25, -0.2) is 4.79 Å². The molecule has 0 aromatic heterocycles. The molecule has 1 aliphatic rings. The van der Waals surface area contributed by atoms with E-state index < -0.39 is 17.9 Å². The fourth-order valence-corrected chi connectivity index (χ4v) is 2.33. The number of thioether (sulfide) groups is 1. The van der Waals surface area contributed by atoms with Gasteiger partial charge in [-0.3, -0.25) is 9.79 Å². The molecule has 8 heteroatoms. The summed E-state index contributed by atoms with van der Waals surface area (Å²) >= 11 is 1.49. The lowest BCUT2D eigenvalue weighted by Gasteiger charge is -2.16. The molecule has 1 aliphatic heterocycles. The Morgan fingerprint density at radius 1 is 1.57 bits per heavy atom. The van der Waals surface area contributed by atoms with E-state index in [1.54, 1.807) is 6.07 Å². The maximum Gasteiger partial charge on any atom is 0.326 e. The molecular formula is C13H18N4O3S. The molecule has 1 unspecified atom stereocenters. The maximum atomic E-state index is 11.9. The van der Waals surface area contributed by atoms with Gasteiger partial charge in [-0.15, -0.1) is 0 Å². The average molecular weight is 310 g/mol. The van der Waals surface area contributed by atoms with Gasteiger partial charge in [0, 0.05) is 12.0 Å². The molecule has 1 atom stereocenters. The van der Waals surface area contributed by atoms with Crippen LogP contribution in [0.2, 0.25) is 0 Å². The number of nitriles is 1. The van der Waals surface area contributed by atoms with E-state index in [0.29, 0.717) is 18.1 Å². The Kier molecular flexibility index (Phi) is 6.75. The zero-order valence-corrected chi connectivity index (χ0v) is 12.7. The summed E-state index contributed by atoms with van der Waals surface area (Å²) in [5.41, 5.74) is -0.180. The van der Waals surface area contributed by atoms with Crippen molar-refractivity contribution < 1.29 is 14.7 Å². The van der Waals surface area contributed by atoms with Crippen molar-refractivity contribution in [2.24, 2.45) is 10.9 Å². The summed E-state index contributed by atoms with van der Waals surface area (Å²) < 4.78 is 0. The van der Waals surface area contributed by atoms with Crippen molar-refractivity contribution >= 4 is 28.8 Å². The highest BCUT2D eigenvalue weighted by molar-refractivity contribution is 8.14. The predicted molar refractivity (Wildman–Crippen MR) is 80.6 cm³/mol. The van der Waals surface area contributed by atoms with Crippen molar-refractivity contribution in [2.45, 2.75) is 26.3 Å². The first-order chi connectivity index (χ1) is 9.93. The summed E-state index contributed by atoms with van der Waals surface area (Å²) in [6.07, 6.45) is 1.55. The molecule has 21 heavy (non-hydrogen) atoms. The molecule has 0 saturated heterocycles. The summed E-state index contributed by atoms with van der Waals surface area (Å²) in [4.78, 5) is 27.1. The monoisotopic (exact) mass is 310 g/mol. The van der Waals surface area contributed by atoms with E-state index in [0.717, 1.165) is 5.75 Å². The maximum absolute atomic E-state index is 11.9. The van der Waals surface area contributed by atoms with Crippen LogP contribution >= 0.6 is 11.8 Å². The highest BCUT2D eigenvalue weighted by atomic mass is 32.2. The molecule has 0 aromatic carbocycles. The number of amidine groups is 1. The number of carbonyl (C=O) groups excluding carboxylic acids is 1. The summed E-state index contributed by atoms with van der Waals surface area (Å²) in [5.74, 6) is -0.845. The van der Waals surface area contributed by atoms with E-state index in [-0.39, 0.29) is 11.5 Å². The number of aliphatic imine (C=N–C) groups is 1. The molecule has 0 saturated carbocycles. The van der Waals surface area contributed by atoms with Crippen LogP contribution in [0.4, 0.5) is 0 Å². The van der Waals surface area contributed by atoms with Crippen LogP contribution < -0.4 is 10.6 Å². The van der Waals surface area contributed by atoms with Crippen LogP contribution in [0.3, 0.4) is 0 Å². The van der Waals surface area contributed by atoms with Crippen molar-refractivity contribution in [3.63, 3.8) is 0 Å². The second-order valence-corrected chi connectivity index (χ2v) is 5.93. The van der Waals surface area contributed by atoms with Crippen molar-refractivity contribution in [1.82, 2.24) is 10.6 Å². The normalized spacial score (nSPS) is 16.1. The first-order valence-electron chi connectivity index (χ1n) is 6.51. The first kappa shape index (κ1) is 17.0. The first-order valence-corrected chi connectivity index (χ1v) is 7.50. The minimum Gasteiger partial charge on any atom is -0.480 e. The number of hydrogen-bond acceptors (Lipinski definition) is 6. The van der Waals surface area contributed by atoms with E-state index in [1.165, 1.54) is 18.0 Å². The van der Waals surface area contributed by atoms with Crippen LogP contribution in [0.15, 0.2) is 16.8 Å². The molecule has 1 rings (SSSR count). The van der Waals surface area contributed by atoms with Gasteiger partial charge in [0.2, 0.25) is 0 Å². The zero-order chi connectivity index (χ0) is 15.8. The second-order valence-electron chi connectivity index (χ2n) is 4.84. The Morgan fingerprint density at radius 3 is 2.76 bits per heavy atom. The third-order valence-corrected chi connectivity index (χ3v) is 3.51. The van der Waals surface area contributed by atoms with E-state index in [9.17, 15) is 9.59 Å². The van der Waals surface area contributed by atoms with Crippen LogP contribution in [0, 0.1) is 17.2 Å². The average Bonchev–Trinajstić information content (AvgIpc) is 2.91. The van der Waals surface area contributed by atoms with Gasteiger partial charge in [-0.2, -0.15) is 5.26 Å². The predicted octanol–water partition coefficient (Wildman–Crippen LogP) is 0.702. The Balaban J connectivity index is 2.66. The topological polar surface area (TPSA) is 115 Å². The Hall–Kier alpha value is -2.01. The van der Waals surface area contributed by atoms with Crippen LogP contribution in [0.1, 0.15) is 20.3 Å². The molecule has 7 nitrogen and oxygen atoms in total. The lowest BCUT2D eigenvalue weighted by molar-refractivity contribution is -0.141. The van der Waals surface area contributed by atoms with Crippen LogP contribution in [0.5, 0.6) is 0 Å². The van der Waals surface area contributed by atoms with Crippen molar-refractivity contribution in [1.29, 1.82) is 5.26 Å². The number of nitrogens with one attached hydrogen (secondary N) is 2. The zero-order valence-electron chi connectivity index (χ0n) is 11.9. The molecule has 114 valence electrons. The smallest absolute Gasteiger partial charge is 0.326 e. The summed E-state index contributed by atoms with van der Waals surface area (Å²) in [6, 6.07) is 0.746. The van der Waals surface area contributed by atoms with Gasteiger partial charge in [0.05, 0.1) is 6.54 Å². The van der Waals surface area contributed by atoms with Gasteiger partial charge < -0.3 is 15.7 Å². The number of rotatable bonds is 6. The molecule has 1 amide bonds. The summed E-state index contributed by atoms with van der Waals surface area (Å²) in [5, 5.41) is 23.8. The van der Waals surface area contributed by atoms with Crippen molar-refractivity contribution in [3.8, 4) is 6.07 Å². The quantitative estimate of drug-likeness (QED) is 0.491. The van der Waals surface area contributed by atoms with Crippen LogP contribution in [0.25, 0.3) is 0 Å². The van der Waals surface area contributed by atoms with Crippen LogP contribution in [-0.2, 0) is 9.59 Å². The fraction of sp³-hybridized carbons (Fsp3) is 0.538. The Bertz CT molecular complexity index is 508. The molecular weight excluding hydrogens is 292 g/mol. The van der Waals surface area contributed by atoms with Gasteiger partial charge in [-0.1, -0.05) is 25.6 Å². The molecule has 0 spiro atoms. The van der Waals surface area contributed by atoms with E-state index in [2.05, 4.69) is 15.6 Å². The lowest BCUT2D eigenvalue weighted by atomic mass is 10.0. The van der Waals surface area contributed by atoms with E-state index in [1.807, 2.05) is 13.8 Å². The molecule has 3 N–H and O–H groups in total. The number of carbonyl (C=O) groups is 2. The van der Waals surface area contributed by atoms with Crippen molar-refractivity contribution in [3.05, 3.63) is 11.8 Å². The van der Waals surface area contributed by atoms with Gasteiger partial charge in [0.15, 0.2) is 5.17 Å². The fourth-order valence-electron chi connectivity index (χ4n) is 1.63. The molecule has 1 heterocycles. The summed E-state index contributed by atoms with van der Waals surface area (Å²) in [7, 11) is 0. The number of carboxylic acids is 1. The highest BCUT2D eigenvalue weighted by Crippen LogP contribution is 2.09. The molecule has 0 aliphatic carbocycles. The SMILES string of the molecule is CC(C)CC(NC(=O)/C(C#N)=C\NC1=NCCS1)C(=O)O. The molecule has 0 radical (unpaired) electrons.